The van der Waals surface area contributed by atoms with Crippen LogP contribution < -0.4 is 0 Å². The molecule has 0 saturated heterocycles. The van der Waals surface area contributed by atoms with Gasteiger partial charge in [-0.15, -0.1) is 0 Å². The van der Waals surface area contributed by atoms with Crippen molar-refractivity contribution in [3.05, 3.63) is 12.2 Å². The summed E-state index contributed by atoms with van der Waals surface area (Å²) in [5.41, 5.74) is 0.137. The zero-order valence-electron chi connectivity index (χ0n) is 11.7. The molecule has 0 atom stereocenters. The smallest absolute Gasteiger partial charge is 0.162 e. The molecule has 3 saturated carbocycles. The fraction of sp³-hybridized carbons (Fsp3) is 0.765. The molecule has 0 aromatic rings. The number of hydrogen-bond acceptors (Lipinski definition) is 2. The van der Waals surface area contributed by atoms with E-state index in [1.54, 1.807) is 0 Å². The molecular weight excluding hydrogens is 232 g/mol. The van der Waals surface area contributed by atoms with Crippen LogP contribution in [0, 0.1) is 38.9 Å². The zero-order chi connectivity index (χ0) is 13.6. The summed E-state index contributed by atoms with van der Waals surface area (Å²) >= 11 is 0. The number of rotatable bonds is 0. The molecule has 0 unspecified atom stereocenters. The fourth-order valence-electron chi connectivity index (χ4n) is 5.42. The second-order valence-electron chi connectivity index (χ2n) is 6.74. The van der Waals surface area contributed by atoms with Crippen LogP contribution in [0.1, 0.15) is 64.2 Å². The fourth-order valence-corrected chi connectivity index (χ4v) is 5.42. The topological polar surface area (TPSA) is 47.6 Å². The number of allylic oxidation sites excluding steroid dienone is 1. The third-order valence-electron chi connectivity index (χ3n) is 6.34. The maximum atomic E-state index is 9.88. The van der Waals surface area contributed by atoms with Gasteiger partial charge in [0.2, 0.25) is 0 Å². The minimum Gasteiger partial charge on any atom is -0.196 e. The first-order valence-electron chi connectivity index (χ1n) is 7.71. The Balaban J connectivity index is 2.08. The van der Waals surface area contributed by atoms with E-state index < -0.39 is 5.41 Å². The minimum atomic E-state index is -0.780. The van der Waals surface area contributed by atoms with Crippen LogP contribution >= 0.6 is 0 Å². The van der Waals surface area contributed by atoms with E-state index in [-0.39, 0.29) is 10.8 Å². The summed E-state index contributed by atoms with van der Waals surface area (Å²) in [5.74, 6) is 0. The molecule has 3 rings (SSSR count). The predicted octanol–water partition coefficient (Wildman–Crippen LogP) is 4.49. The van der Waals surface area contributed by atoms with Crippen molar-refractivity contribution in [1.82, 2.24) is 0 Å². The van der Waals surface area contributed by atoms with Crippen molar-refractivity contribution in [2.45, 2.75) is 64.2 Å². The van der Waals surface area contributed by atoms with E-state index in [1.807, 2.05) is 0 Å². The zero-order valence-corrected chi connectivity index (χ0v) is 11.7. The van der Waals surface area contributed by atoms with Gasteiger partial charge in [-0.3, -0.25) is 0 Å². The van der Waals surface area contributed by atoms with Gasteiger partial charge in [0.25, 0.3) is 0 Å². The molecule has 0 amide bonds. The average Bonchev–Trinajstić information content (AvgIpc) is 2.50. The first kappa shape index (κ1) is 12.7. The molecule has 0 N–H and O–H groups in total. The van der Waals surface area contributed by atoms with Gasteiger partial charge < -0.3 is 0 Å². The Morgan fingerprint density at radius 1 is 0.737 bits per heavy atom. The van der Waals surface area contributed by atoms with Crippen LogP contribution in [-0.2, 0) is 0 Å². The van der Waals surface area contributed by atoms with E-state index in [2.05, 4.69) is 18.7 Å². The van der Waals surface area contributed by atoms with Crippen molar-refractivity contribution < 1.29 is 0 Å². The van der Waals surface area contributed by atoms with Crippen molar-refractivity contribution in [3.8, 4) is 12.1 Å². The monoisotopic (exact) mass is 254 g/mol. The van der Waals surface area contributed by atoms with Crippen LogP contribution in [0.5, 0.6) is 0 Å². The molecular formula is C17H22N2. The summed E-state index contributed by atoms with van der Waals surface area (Å²) in [6, 6.07) is 4.99. The first-order chi connectivity index (χ1) is 9.19. The summed E-state index contributed by atoms with van der Waals surface area (Å²) in [7, 11) is 0. The molecule has 0 aliphatic heterocycles. The molecule has 3 aliphatic rings. The van der Waals surface area contributed by atoms with Gasteiger partial charge in [0.05, 0.1) is 12.1 Å². The Hall–Kier alpha value is -1.28. The van der Waals surface area contributed by atoms with Gasteiger partial charge >= 0.3 is 0 Å². The van der Waals surface area contributed by atoms with Crippen LogP contribution in [0.2, 0.25) is 0 Å². The molecule has 19 heavy (non-hydrogen) atoms. The van der Waals surface area contributed by atoms with Crippen LogP contribution in [0.15, 0.2) is 12.2 Å². The Bertz CT molecular complexity index is 432. The van der Waals surface area contributed by atoms with Crippen molar-refractivity contribution in [2.75, 3.05) is 0 Å². The summed E-state index contributed by atoms with van der Waals surface area (Å²) in [4.78, 5) is 0. The second kappa shape index (κ2) is 4.11. The number of nitrogens with zero attached hydrogens (tertiary/aromatic N) is 2. The molecule has 0 radical (unpaired) electrons. The second-order valence-corrected chi connectivity index (χ2v) is 6.74. The van der Waals surface area contributed by atoms with Gasteiger partial charge in [0.1, 0.15) is 0 Å². The lowest BCUT2D eigenvalue weighted by molar-refractivity contribution is -0.103. The van der Waals surface area contributed by atoms with E-state index >= 15 is 0 Å². The van der Waals surface area contributed by atoms with Gasteiger partial charge in [-0.05, 0) is 25.7 Å². The predicted molar refractivity (Wildman–Crippen MR) is 73.8 cm³/mol. The largest absolute Gasteiger partial charge is 0.196 e. The van der Waals surface area contributed by atoms with E-state index in [0.29, 0.717) is 0 Å². The van der Waals surface area contributed by atoms with Crippen molar-refractivity contribution in [2.24, 2.45) is 16.2 Å². The van der Waals surface area contributed by atoms with E-state index in [4.69, 9.17) is 0 Å². The molecule has 3 fully saturated rings. The highest BCUT2D eigenvalue weighted by atomic mass is 14.8. The van der Waals surface area contributed by atoms with Crippen molar-refractivity contribution in [3.63, 3.8) is 0 Å². The Labute approximate surface area is 116 Å². The van der Waals surface area contributed by atoms with E-state index in [9.17, 15) is 10.5 Å². The summed E-state index contributed by atoms with van der Waals surface area (Å²) in [6.45, 7) is 4.40. The minimum absolute atomic E-state index is 0.175. The Morgan fingerprint density at radius 3 is 1.42 bits per heavy atom. The van der Waals surface area contributed by atoms with Crippen LogP contribution in [0.3, 0.4) is 0 Å². The van der Waals surface area contributed by atoms with Gasteiger partial charge in [-0.1, -0.05) is 50.7 Å². The average molecular weight is 254 g/mol. The normalized spacial score (nSPS) is 30.3. The SMILES string of the molecule is C=C1C2(CCCCC2)C(C#N)(C#N)C12CCCCC2. The molecule has 2 spiro atoms. The quantitative estimate of drug-likeness (QED) is 0.598. The molecule has 0 bridgehead atoms. The highest BCUT2D eigenvalue weighted by Crippen LogP contribution is 2.78. The molecule has 0 aromatic heterocycles. The van der Waals surface area contributed by atoms with Crippen molar-refractivity contribution in [1.29, 1.82) is 10.5 Å². The molecule has 0 heterocycles. The molecule has 0 aromatic carbocycles. The number of hydrogen-bond donors (Lipinski definition) is 0. The lowest BCUT2D eigenvalue weighted by atomic mass is 9.30. The molecule has 100 valence electrons. The standard InChI is InChI=1S/C17H22N2/c1-14-15(8-4-2-5-9-15)17(12-18,13-19)16(14)10-6-3-7-11-16/h1-11H2. The third-order valence-corrected chi connectivity index (χ3v) is 6.34. The third kappa shape index (κ3) is 1.21. The lowest BCUT2D eigenvalue weighted by Gasteiger charge is -2.69. The molecule has 2 heteroatoms. The van der Waals surface area contributed by atoms with Gasteiger partial charge in [-0.25, -0.2) is 0 Å². The Morgan fingerprint density at radius 2 is 1.11 bits per heavy atom. The summed E-state index contributed by atoms with van der Waals surface area (Å²) < 4.78 is 0. The maximum absolute atomic E-state index is 9.88. The van der Waals surface area contributed by atoms with Crippen molar-refractivity contribution >= 4 is 0 Å². The lowest BCUT2D eigenvalue weighted by Crippen LogP contribution is -2.67. The highest BCUT2D eigenvalue weighted by molar-refractivity contribution is 5.51. The van der Waals surface area contributed by atoms with Gasteiger partial charge in [-0.2, -0.15) is 10.5 Å². The van der Waals surface area contributed by atoms with Crippen LogP contribution in [0.4, 0.5) is 0 Å². The van der Waals surface area contributed by atoms with E-state index in [0.717, 1.165) is 51.4 Å². The van der Waals surface area contributed by atoms with Crippen LogP contribution in [-0.4, -0.2) is 0 Å². The summed E-state index contributed by atoms with van der Waals surface area (Å²) in [6.07, 6.45) is 11.1. The first-order valence-corrected chi connectivity index (χ1v) is 7.71. The van der Waals surface area contributed by atoms with Gasteiger partial charge in [0.15, 0.2) is 5.41 Å². The highest BCUT2D eigenvalue weighted by Gasteiger charge is 2.76. The van der Waals surface area contributed by atoms with E-state index in [1.165, 1.54) is 18.4 Å². The number of nitriles is 2. The molecule has 2 nitrogen and oxygen atoms in total. The Kier molecular flexibility index (Phi) is 2.75. The van der Waals surface area contributed by atoms with Crippen LogP contribution in [0.25, 0.3) is 0 Å². The maximum Gasteiger partial charge on any atom is 0.162 e. The van der Waals surface area contributed by atoms with Gasteiger partial charge in [0, 0.05) is 10.8 Å². The molecule has 3 aliphatic carbocycles. The summed E-state index contributed by atoms with van der Waals surface area (Å²) in [5, 5.41) is 19.8.